The number of esters is 1. The zero-order valence-electron chi connectivity index (χ0n) is 5.94. The van der Waals surface area contributed by atoms with Gasteiger partial charge in [-0.05, 0) is 6.92 Å². The third-order valence-electron chi connectivity index (χ3n) is 0.649. The number of carboxylic acids is 1. The van der Waals surface area contributed by atoms with Crippen molar-refractivity contribution in [3.63, 3.8) is 0 Å². The first-order chi connectivity index (χ1) is 4.66. The van der Waals surface area contributed by atoms with Crippen LogP contribution in [0.15, 0.2) is 12.2 Å². The summed E-state index contributed by atoms with van der Waals surface area (Å²) in [7, 11) is 0. The number of ether oxygens (including phenoxy) is 1. The smallest absolute Gasteiger partial charge is 0.330 e. The Labute approximate surface area is 70.3 Å². The quantitative estimate of drug-likeness (QED) is 0.511. The van der Waals surface area contributed by atoms with E-state index in [4.69, 9.17) is 5.11 Å². The van der Waals surface area contributed by atoms with E-state index in [1.807, 2.05) is 0 Å². The molecule has 0 unspecified atom stereocenters. The number of aliphatic carboxylic acids is 1. The van der Waals surface area contributed by atoms with Crippen LogP contribution < -0.4 is 0 Å². The number of halogens is 1. The Morgan fingerprint density at radius 2 is 2.00 bits per heavy atom. The topological polar surface area (TPSA) is 63.6 Å². The van der Waals surface area contributed by atoms with Gasteiger partial charge in [0.15, 0.2) is 0 Å². The molecule has 0 spiro atoms. The third-order valence-corrected chi connectivity index (χ3v) is 0.649. The fourth-order valence-electron chi connectivity index (χ4n) is 0.330. The normalized spacial score (nSPS) is 8.82. The number of carbonyl (C=O) groups is 2. The highest BCUT2D eigenvalue weighted by atomic mass is 35.5. The molecule has 64 valence electrons. The molecule has 4 nitrogen and oxygen atoms in total. The van der Waals surface area contributed by atoms with Gasteiger partial charge in [-0.2, -0.15) is 0 Å². The highest BCUT2D eigenvalue weighted by Gasteiger charge is 1.94. The summed E-state index contributed by atoms with van der Waals surface area (Å²) in [4.78, 5) is 20.2. The molecule has 0 aromatic rings. The highest BCUT2D eigenvalue weighted by molar-refractivity contribution is 5.90. The molecule has 1 N–H and O–H groups in total. The molecular formula is C6H9ClO4. The van der Waals surface area contributed by atoms with E-state index < -0.39 is 11.9 Å². The van der Waals surface area contributed by atoms with E-state index in [1.54, 1.807) is 6.92 Å². The summed E-state index contributed by atoms with van der Waals surface area (Å²) in [5, 5.41) is 8.04. The maximum Gasteiger partial charge on any atom is 0.330 e. The lowest BCUT2D eigenvalue weighted by Crippen LogP contribution is -2.00. The molecule has 0 heterocycles. The Morgan fingerprint density at radius 3 is 2.36 bits per heavy atom. The second-order valence-corrected chi connectivity index (χ2v) is 1.42. The molecule has 0 aromatic carbocycles. The summed E-state index contributed by atoms with van der Waals surface area (Å²) in [6, 6.07) is 0. The molecule has 5 heteroatoms. The second-order valence-electron chi connectivity index (χ2n) is 1.42. The van der Waals surface area contributed by atoms with E-state index >= 15 is 0 Å². The number of hydrogen-bond acceptors (Lipinski definition) is 3. The average molecular weight is 181 g/mol. The van der Waals surface area contributed by atoms with Crippen LogP contribution >= 0.6 is 12.4 Å². The molecule has 0 radical (unpaired) electrons. The van der Waals surface area contributed by atoms with Gasteiger partial charge in [0.05, 0.1) is 6.61 Å². The summed E-state index contributed by atoms with van der Waals surface area (Å²) in [5.41, 5.74) is 0. The van der Waals surface area contributed by atoms with Crippen LogP contribution in [0.1, 0.15) is 6.92 Å². The maximum atomic E-state index is 10.4. The molecule has 0 bridgehead atoms. The Hall–Kier alpha value is -1.03. The van der Waals surface area contributed by atoms with Gasteiger partial charge in [-0.15, -0.1) is 12.4 Å². The van der Waals surface area contributed by atoms with Crippen LogP contribution in [0.2, 0.25) is 0 Å². The SMILES string of the molecule is CCOC(=O)/C=C/C(=O)O.Cl. The van der Waals surface area contributed by atoms with Crippen molar-refractivity contribution in [1.29, 1.82) is 0 Å². The first kappa shape index (κ1) is 12.6. The van der Waals surface area contributed by atoms with Gasteiger partial charge in [0, 0.05) is 12.2 Å². The first-order valence-corrected chi connectivity index (χ1v) is 2.74. The van der Waals surface area contributed by atoms with Crippen LogP contribution in [-0.4, -0.2) is 23.7 Å². The average Bonchev–Trinajstić information content (AvgIpc) is 1.85. The molecule has 0 amide bonds. The van der Waals surface area contributed by atoms with Crippen molar-refractivity contribution in [2.24, 2.45) is 0 Å². The first-order valence-electron chi connectivity index (χ1n) is 2.74. The Balaban J connectivity index is 0. The van der Waals surface area contributed by atoms with Gasteiger partial charge in [-0.3, -0.25) is 0 Å². The molecule has 0 aliphatic heterocycles. The van der Waals surface area contributed by atoms with Gasteiger partial charge in [0.1, 0.15) is 0 Å². The van der Waals surface area contributed by atoms with Gasteiger partial charge in [-0.1, -0.05) is 0 Å². The molecule has 11 heavy (non-hydrogen) atoms. The summed E-state index contributed by atoms with van der Waals surface area (Å²) in [6.45, 7) is 1.90. The van der Waals surface area contributed by atoms with Crippen LogP contribution in [0, 0.1) is 0 Å². The fraction of sp³-hybridized carbons (Fsp3) is 0.333. The van der Waals surface area contributed by atoms with E-state index in [9.17, 15) is 9.59 Å². The second kappa shape index (κ2) is 7.08. The van der Waals surface area contributed by atoms with E-state index in [2.05, 4.69) is 4.74 Å². The lowest BCUT2D eigenvalue weighted by atomic mass is 10.5. The van der Waals surface area contributed by atoms with E-state index in [-0.39, 0.29) is 19.0 Å². The molecule has 0 aliphatic carbocycles. The predicted octanol–water partition coefficient (Wildman–Crippen LogP) is 0.612. The van der Waals surface area contributed by atoms with Gasteiger partial charge in [0.2, 0.25) is 0 Å². The lowest BCUT2D eigenvalue weighted by molar-refractivity contribution is -0.138. The number of carboxylic acid groups (broad SMARTS) is 1. The molecule has 0 saturated heterocycles. The minimum absolute atomic E-state index is 0. The Morgan fingerprint density at radius 1 is 1.45 bits per heavy atom. The zero-order valence-corrected chi connectivity index (χ0v) is 6.76. The van der Waals surface area contributed by atoms with Crippen molar-refractivity contribution in [3.05, 3.63) is 12.2 Å². The van der Waals surface area contributed by atoms with E-state index in [1.165, 1.54) is 0 Å². The van der Waals surface area contributed by atoms with Gasteiger partial charge in [0.25, 0.3) is 0 Å². The molecule has 0 aliphatic rings. The monoisotopic (exact) mass is 180 g/mol. The predicted molar refractivity (Wildman–Crippen MR) is 40.7 cm³/mol. The van der Waals surface area contributed by atoms with Crippen LogP contribution in [0.3, 0.4) is 0 Å². The standard InChI is InChI=1S/C6H8O4.ClH/c1-2-10-6(9)4-3-5(7)8;/h3-4H,2H2,1H3,(H,7,8);1H/b4-3+;. The summed E-state index contributed by atoms with van der Waals surface area (Å²) < 4.78 is 4.40. The minimum atomic E-state index is -1.16. The van der Waals surface area contributed by atoms with Crippen molar-refractivity contribution in [2.75, 3.05) is 6.61 Å². The summed E-state index contributed by atoms with van der Waals surface area (Å²) >= 11 is 0. The molecular weight excluding hydrogens is 172 g/mol. The highest BCUT2D eigenvalue weighted by Crippen LogP contribution is 1.80. The summed E-state index contributed by atoms with van der Waals surface area (Å²) in [5.74, 6) is -1.79. The zero-order chi connectivity index (χ0) is 7.98. The van der Waals surface area contributed by atoms with Crippen LogP contribution in [0.25, 0.3) is 0 Å². The minimum Gasteiger partial charge on any atom is -0.478 e. The lowest BCUT2D eigenvalue weighted by Gasteiger charge is -1.92. The van der Waals surface area contributed by atoms with Crippen molar-refractivity contribution < 1.29 is 19.4 Å². The summed E-state index contributed by atoms with van der Waals surface area (Å²) in [6.07, 6.45) is 1.60. The van der Waals surface area contributed by atoms with Gasteiger partial charge < -0.3 is 9.84 Å². The molecule has 0 saturated carbocycles. The number of rotatable bonds is 3. The molecule has 0 fully saturated rings. The van der Waals surface area contributed by atoms with Crippen LogP contribution in [0.4, 0.5) is 0 Å². The maximum absolute atomic E-state index is 10.4. The van der Waals surface area contributed by atoms with E-state index in [0.29, 0.717) is 0 Å². The third kappa shape index (κ3) is 8.97. The van der Waals surface area contributed by atoms with Crippen molar-refractivity contribution in [1.82, 2.24) is 0 Å². The van der Waals surface area contributed by atoms with E-state index in [0.717, 1.165) is 12.2 Å². The molecule has 0 rings (SSSR count). The fourth-order valence-corrected chi connectivity index (χ4v) is 0.330. The number of hydrogen-bond donors (Lipinski definition) is 1. The Bertz CT molecular complexity index is 164. The largest absolute Gasteiger partial charge is 0.478 e. The van der Waals surface area contributed by atoms with Crippen LogP contribution in [0.5, 0.6) is 0 Å². The van der Waals surface area contributed by atoms with Crippen molar-refractivity contribution >= 4 is 24.3 Å². The van der Waals surface area contributed by atoms with Crippen molar-refractivity contribution in [3.8, 4) is 0 Å². The Kier molecular flexibility index (Phi) is 8.13. The molecule has 0 atom stereocenters. The van der Waals surface area contributed by atoms with Gasteiger partial charge in [-0.25, -0.2) is 9.59 Å². The molecule has 0 aromatic heterocycles. The van der Waals surface area contributed by atoms with Crippen molar-refractivity contribution in [2.45, 2.75) is 6.92 Å². The van der Waals surface area contributed by atoms with Gasteiger partial charge >= 0.3 is 11.9 Å². The van der Waals surface area contributed by atoms with Crippen LogP contribution in [-0.2, 0) is 14.3 Å². The number of carbonyl (C=O) groups excluding carboxylic acids is 1.